The molecule has 1 amide bonds. The predicted octanol–water partition coefficient (Wildman–Crippen LogP) is 2.45. The molecule has 0 atom stereocenters. The number of carbonyl (C=O) groups excluding carboxylic acids is 1. The lowest BCUT2D eigenvalue weighted by molar-refractivity contribution is -0.387. The molecule has 0 aliphatic carbocycles. The van der Waals surface area contributed by atoms with Crippen LogP contribution in [0.25, 0.3) is 5.70 Å². The molecule has 1 aromatic carbocycles. The van der Waals surface area contributed by atoms with Crippen molar-refractivity contribution in [2.24, 2.45) is 5.73 Å². The number of ether oxygens (including phenoxy) is 1. The Hall–Kier alpha value is -2.84. The van der Waals surface area contributed by atoms with Gasteiger partial charge >= 0.3 is 11.8 Å². The molecular weight excluding hydrogens is 331 g/mol. The van der Waals surface area contributed by atoms with Crippen molar-refractivity contribution in [1.82, 2.24) is 10.2 Å². The molecule has 0 aliphatic heterocycles. The summed E-state index contributed by atoms with van der Waals surface area (Å²) in [7, 11) is 3.06. The molecule has 1 rings (SSSR count). The number of nitro groups is 1. The van der Waals surface area contributed by atoms with Gasteiger partial charge in [0.05, 0.1) is 22.9 Å². The molecule has 1 aromatic rings. The van der Waals surface area contributed by atoms with Gasteiger partial charge in [0.2, 0.25) is 5.82 Å². The number of nitrogens with two attached hydrogens (primary N) is 1. The van der Waals surface area contributed by atoms with E-state index in [1.807, 2.05) is 0 Å². The number of benzene rings is 1. The van der Waals surface area contributed by atoms with Crippen molar-refractivity contribution in [1.29, 1.82) is 0 Å². The molecule has 0 aliphatic rings. The van der Waals surface area contributed by atoms with Crippen molar-refractivity contribution in [2.45, 2.75) is 26.4 Å². The van der Waals surface area contributed by atoms with Crippen molar-refractivity contribution >= 4 is 17.5 Å². The van der Waals surface area contributed by atoms with E-state index in [0.717, 1.165) is 6.07 Å². The number of hydrogen-bond acceptors (Lipinski definition) is 6. The highest BCUT2D eigenvalue weighted by atomic mass is 19.1. The molecule has 0 unspecified atom stereocenters. The van der Waals surface area contributed by atoms with E-state index in [9.17, 15) is 19.3 Å². The summed E-state index contributed by atoms with van der Waals surface area (Å²) in [6, 6.07) is 3.73. The Bertz CT molecular complexity index is 698. The van der Waals surface area contributed by atoms with Gasteiger partial charge in [-0.1, -0.05) is 6.07 Å². The molecule has 0 aromatic heterocycles. The van der Waals surface area contributed by atoms with Gasteiger partial charge in [-0.2, -0.15) is 4.39 Å². The third-order valence-electron chi connectivity index (χ3n) is 3.19. The summed E-state index contributed by atoms with van der Waals surface area (Å²) < 4.78 is 19.5. The lowest BCUT2D eigenvalue weighted by atomic mass is 10.1. The first kappa shape index (κ1) is 20.2. The largest absolute Gasteiger partial charge is 0.444 e. The van der Waals surface area contributed by atoms with E-state index < -0.39 is 28.1 Å². The minimum atomic E-state index is -1.03. The monoisotopic (exact) mass is 354 g/mol. The molecule has 9 heteroatoms. The molecule has 0 heterocycles. The number of halogens is 1. The van der Waals surface area contributed by atoms with Crippen LogP contribution in [0, 0.1) is 15.9 Å². The highest BCUT2D eigenvalue weighted by molar-refractivity contribution is 5.71. The Balaban J connectivity index is 3.14. The molecule has 0 saturated carbocycles. The molecule has 0 saturated heterocycles. The van der Waals surface area contributed by atoms with Gasteiger partial charge in [0.1, 0.15) is 5.60 Å². The van der Waals surface area contributed by atoms with Crippen LogP contribution in [0.3, 0.4) is 0 Å². The number of nitrogens with one attached hydrogen (secondary N) is 1. The molecular formula is C16H23FN4O4. The van der Waals surface area contributed by atoms with E-state index in [0.29, 0.717) is 5.70 Å². The summed E-state index contributed by atoms with van der Waals surface area (Å²) in [5, 5.41) is 13.7. The standard InChI is InChI=1S/C16H23FN4O4/c1-16(2,3)25-15(22)20(5)9-11(19-4)14(18)10-7-6-8-12(13(10)17)21(23)24/h6-8,19H,9,18H2,1-5H3/b14-11-. The highest BCUT2D eigenvalue weighted by Gasteiger charge is 2.23. The van der Waals surface area contributed by atoms with E-state index in [4.69, 9.17) is 10.5 Å². The van der Waals surface area contributed by atoms with Crippen LogP contribution < -0.4 is 11.1 Å². The van der Waals surface area contributed by atoms with Crippen LogP contribution in [0.4, 0.5) is 14.9 Å². The lowest BCUT2D eigenvalue weighted by Crippen LogP contribution is -2.37. The Morgan fingerprint density at radius 1 is 1.44 bits per heavy atom. The summed E-state index contributed by atoms with van der Waals surface area (Å²) >= 11 is 0. The van der Waals surface area contributed by atoms with E-state index >= 15 is 0 Å². The van der Waals surface area contributed by atoms with E-state index in [1.165, 1.54) is 24.1 Å². The summed E-state index contributed by atoms with van der Waals surface area (Å²) in [5.74, 6) is -1.03. The molecule has 0 spiro atoms. The van der Waals surface area contributed by atoms with E-state index in [2.05, 4.69) is 5.32 Å². The van der Waals surface area contributed by atoms with Gasteiger partial charge < -0.3 is 20.7 Å². The minimum absolute atomic E-state index is 0.0133. The zero-order chi connectivity index (χ0) is 19.4. The molecule has 8 nitrogen and oxygen atoms in total. The summed E-state index contributed by atoms with van der Waals surface area (Å²) in [6.07, 6.45) is -0.576. The zero-order valence-electron chi connectivity index (χ0n) is 14.9. The zero-order valence-corrected chi connectivity index (χ0v) is 14.9. The quantitative estimate of drug-likeness (QED) is 0.621. The minimum Gasteiger partial charge on any atom is -0.444 e. The topological polar surface area (TPSA) is 111 Å². The number of carbonyl (C=O) groups is 1. The first-order chi connectivity index (χ1) is 11.5. The number of amides is 1. The van der Waals surface area contributed by atoms with Crippen molar-refractivity contribution < 1.29 is 18.8 Å². The van der Waals surface area contributed by atoms with Gasteiger partial charge in [0.15, 0.2) is 0 Å². The fourth-order valence-electron chi connectivity index (χ4n) is 1.97. The van der Waals surface area contributed by atoms with Crippen molar-refractivity contribution in [2.75, 3.05) is 20.6 Å². The third kappa shape index (κ3) is 5.33. The van der Waals surface area contributed by atoms with Crippen molar-refractivity contribution in [3.63, 3.8) is 0 Å². The second kappa shape index (κ2) is 7.82. The maximum atomic E-state index is 14.3. The number of nitro benzene ring substituents is 1. The second-order valence-corrected chi connectivity index (χ2v) is 6.37. The average molecular weight is 354 g/mol. The first-order valence-electron chi connectivity index (χ1n) is 7.51. The molecule has 25 heavy (non-hydrogen) atoms. The normalized spacial score (nSPS) is 12.2. The third-order valence-corrected chi connectivity index (χ3v) is 3.19. The highest BCUT2D eigenvalue weighted by Crippen LogP contribution is 2.25. The summed E-state index contributed by atoms with van der Waals surface area (Å²) in [5.41, 5.74) is 4.82. The van der Waals surface area contributed by atoms with Crippen LogP contribution in [0.2, 0.25) is 0 Å². The Morgan fingerprint density at radius 3 is 2.52 bits per heavy atom. The van der Waals surface area contributed by atoms with Crippen molar-refractivity contribution in [3.05, 3.63) is 45.4 Å². The molecule has 0 radical (unpaired) electrons. The molecule has 0 fully saturated rings. The Labute approximate surface area is 145 Å². The number of nitrogens with zero attached hydrogens (tertiary/aromatic N) is 2. The molecule has 138 valence electrons. The van der Waals surface area contributed by atoms with Gasteiger partial charge in [0, 0.05) is 25.7 Å². The average Bonchev–Trinajstić information content (AvgIpc) is 2.49. The lowest BCUT2D eigenvalue weighted by Gasteiger charge is -2.25. The number of likely N-dealkylation sites (N-methyl/N-ethyl adjacent to an activating group) is 2. The second-order valence-electron chi connectivity index (χ2n) is 6.37. The van der Waals surface area contributed by atoms with E-state index in [1.54, 1.807) is 27.8 Å². The van der Waals surface area contributed by atoms with Crippen LogP contribution in [0.15, 0.2) is 23.9 Å². The Morgan fingerprint density at radius 2 is 2.04 bits per heavy atom. The van der Waals surface area contributed by atoms with Crippen LogP contribution in [-0.2, 0) is 4.74 Å². The number of hydrogen-bond donors (Lipinski definition) is 2. The van der Waals surface area contributed by atoms with Crippen molar-refractivity contribution in [3.8, 4) is 0 Å². The summed E-state index contributed by atoms with van der Waals surface area (Å²) in [6.45, 7) is 5.22. The Kier molecular flexibility index (Phi) is 6.32. The van der Waals surface area contributed by atoms with Crippen LogP contribution in [0.5, 0.6) is 0 Å². The van der Waals surface area contributed by atoms with Gasteiger partial charge in [-0.15, -0.1) is 0 Å². The van der Waals surface area contributed by atoms with Gasteiger partial charge in [-0.25, -0.2) is 4.79 Å². The number of rotatable bonds is 5. The maximum absolute atomic E-state index is 14.3. The van der Waals surface area contributed by atoms with Gasteiger partial charge in [-0.05, 0) is 26.8 Å². The van der Waals surface area contributed by atoms with Crippen LogP contribution in [0.1, 0.15) is 26.3 Å². The SMILES string of the molecule is CN/C(CN(C)C(=O)OC(C)(C)C)=C(\N)c1cccc([N+](=O)[O-])c1F. The summed E-state index contributed by atoms with van der Waals surface area (Å²) in [4.78, 5) is 23.3. The van der Waals surface area contributed by atoms with E-state index in [-0.39, 0.29) is 17.8 Å². The molecule has 3 N–H and O–H groups in total. The smallest absolute Gasteiger partial charge is 0.410 e. The van der Waals surface area contributed by atoms with Crippen LogP contribution >= 0.6 is 0 Å². The predicted molar refractivity (Wildman–Crippen MR) is 92.1 cm³/mol. The van der Waals surface area contributed by atoms with Crippen LogP contribution in [-0.4, -0.2) is 42.2 Å². The fraction of sp³-hybridized carbons (Fsp3) is 0.438. The molecule has 0 bridgehead atoms. The van der Waals surface area contributed by atoms with Gasteiger partial charge in [0.25, 0.3) is 0 Å². The maximum Gasteiger partial charge on any atom is 0.410 e. The van der Waals surface area contributed by atoms with Gasteiger partial charge in [-0.3, -0.25) is 10.1 Å². The first-order valence-corrected chi connectivity index (χ1v) is 7.51. The fourth-order valence-corrected chi connectivity index (χ4v) is 1.97.